The zero-order valence-electron chi connectivity index (χ0n) is 16.7. The molecule has 2 aliphatic rings. The number of nitrogens with zero attached hydrogens (tertiary/aromatic N) is 7. The third-order valence-corrected chi connectivity index (χ3v) is 5.87. The zero-order chi connectivity index (χ0) is 20.0. The van der Waals surface area contributed by atoms with Crippen LogP contribution in [0.2, 0.25) is 5.02 Å². The third kappa shape index (κ3) is 3.45. The molecule has 0 amide bonds. The number of anilines is 2. The van der Waals surface area contributed by atoms with E-state index in [1.54, 1.807) is 0 Å². The van der Waals surface area contributed by atoms with Crippen LogP contribution in [0.15, 0.2) is 36.5 Å². The van der Waals surface area contributed by atoms with Crippen LogP contribution in [-0.4, -0.2) is 57.9 Å². The fourth-order valence-electron chi connectivity index (χ4n) is 4.18. The largest absolute Gasteiger partial charge is 0.353 e. The van der Waals surface area contributed by atoms with Crippen molar-refractivity contribution >= 4 is 23.4 Å². The monoisotopic (exact) mass is 409 g/mol. The summed E-state index contributed by atoms with van der Waals surface area (Å²) >= 11 is 6.27. The van der Waals surface area contributed by atoms with E-state index in [-0.39, 0.29) is 0 Å². The molecule has 2 aliphatic heterocycles. The van der Waals surface area contributed by atoms with Gasteiger partial charge in [0.05, 0.1) is 12.2 Å². The molecule has 5 rings (SSSR count). The van der Waals surface area contributed by atoms with Crippen molar-refractivity contribution < 1.29 is 0 Å². The Kier molecular flexibility index (Phi) is 4.64. The summed E-state index contributed by atoms with van der Waals surface area (Å²) in [6, 6.07) is 10.3. The molecule has 0 spiro atoms. The van der Waals surface area contributed by atoms with E-state index >= 15 is 0 Å². The maximum atomic E-state index is 6.27. The molecule has 1 aromatic carbocycles. The van der Waals surface area contributed by atoms with E-state index in [2.05, 4.69) is 60.6 Å². The van der Waals surface area contributed by atoms with Crippen LogP contribution in [0.5, 0.6) is 0 Å². The first-order valence-electron chi connectivity index (χ1n) is 9.93. The lowest BCUT2D eigenvalue weighted by Crippen LogP contribution is -2.47. The summed E-state index contributed by atoms with van der Waals surface area (Å²) in [6.07, 6.45) is 1.88. The number of hydrogen-bond donors (Lipinski definition) is 0. The van der Waals surface area contributed by atoms with Gasteiger partial charge in [-0.25, -0.2) is 4.98 Å². The molecule has 0 saturated carbocycles. The molecule has 150 valence electrons. The summed E-state index contributed by atoms with van der Waals surface area (Å²) in [5.41, 5.74) is 3.55. The summed E-state index contributed by atoms with van der Waals surface area (Å²) in [5.74, 6) is 2.92. The average molecular weight is 410 g/mol. The van der Waals surface area contributed by atoms with Gasteiger partial charge >= 0.3 is 0 Å². The normalized spacial score (nSPS) is 17.1. The van der Waals surface area contributed by atoms with Crippen LogP contribution in [0.3, 0.4) is 0 Å². The highest BCUT2D eigenvalue weighted by atomic mass is 35.5. The maximum Gasteiger partial charge on any atom is 0.232 e. The lowest BCUT2D eigenvalue weighted by molar-refractivity contribution is 0.315. The van der Waals surface area contributed by atoms with Crippen LogP contribution in [0, 0.1) is 6.92 Å². The molecule has 29 heavy (non-hydrogen) atoms. The number of fused-ring (bicyclic) bond motifs is 3. The molecular weight excluding hydrogens is 386 g/mol. The molecular formula is C21H24ClN7. The van der Waals surface area contributed by atoms with E-state index in [9.17, 15) is 0 Å². The van der Waals surface area contributed by atoms with Crippen LogP contribution in [0.4, 0.5) is 11.8 Å². The molecule has 0 unspecified atom stereocenters. The van der Waals surface area contributed by atoms with Gasteiger partial charge in [-0.2, -0.15) is 0 Å². The number of hydrogen-bond acceptors (Lipinski definition) is 6. The number of aryl methyl sites for hydroxylation is 1. The molecule has 4 heterocycles. The van der Waals surface area contributed by atoms with Gasteiger partial charge in [0.25, 0.3) is 0 Å². The zero-order valence-corrected chi connectivity index (χ0v) is 17.5. The van der Waals surface area contributed by atoms with Crippen molar-refractivity contribution in [1.82, 2.24) is 24.6 Å². The fraction of sp³-hybridized carbons (Fsp3) is 0.381. The van der Waals surface area contributed by atoms with Gasteiger partial charge < -0.3 is 9.80 Å². The van der Waals surface area contributed by atoms with E-state index in [1.807, 2.05) is 24.4 Å². The predicted molar refractivity (Wildman–Crippen MR) is 115 cm³/mol. The van der Waals surface area contributed by atoms with Gasteiger partial charge in [-0.05, 0) is 55.4 Å². The molecule has 0 bridgehead atoms. The first kappa shape index (κ1) is 18.4. The fourth-order valence-corrected chi connectivity index (χ4v) is 4.37. The minimum Gasteiger partial charge on any atom is -0.353 e. The number of halogens is 1. The van der Waals surface area contributed by atoms with Crippen LogP contribution < -0.4 is 9.80 Å². The lowest BCUT2D eigenvalue weighted by Gasteiger charge is -2.36. The Morgan fingerprint density at radius 2 is 1.72 bits per heavy atom. The van der Waals surface area contributed by atoms with Crippen molar-refractivity contribution in [2.24, 2.45) is 0 Å². The van der Waals surface area contributed by atoms with E-state index in [1.165, 1.54) is 11.1 Å². The molecule has 0 N–H and O–H groups in total. The highest BCUT2D eigenvalue weighted by Gasteiger charge is 2.27. The maximum absolute atomic E-state index is 6.27. The highest BCUT2D eigenvalue weighted by Crippen LogP contribution is 2.30. The summed E-state index contributed by atoms with van der Waals surface area (Å²) in [6.45, 7) is 7.28. The first-order chi connectivity index (χ1) is 14.1. The Bertz CT molecular complexity index is 1040. The Morgan fingerprint density at radius 1 is 0.931 bits per heavy atom. The van der Waals surface area contributed by atoms with Crippen molar-refractivity contribution in [2.45, 2.75) is 20.0 Å². The topological polar surface area (TPSA) is 53.3 Å². The molecule has 3 aromatic rings. The number of pyridine rings is 1. The van der Waals surface area contributed by atoms with E-state index in [4.69, 9.17) is 11.6 Å². The Balaban J connectivity index is 1.44. The van der Waals surface area contributed by atoms with Crippen molar-refractivity contribution in [3.05, 3.63) is 58.5 Å². The third-order valence-electron chi connectivity index (χ3n) is 5.63. The second-order valence-corrected chi connectivity index (χ2v) is 8.30. The first-order valence-corrected chi connectivity index (χ1v) is 10.3. The summed E-state index contributed by atoms with van der Waals surface area (Å²) < 4.78 is 2.20. The summed E-state index contributed by atoms with van der Waals surface area (Å²) in [7, 11) is 2.10. The minimum atomic E-state index is 0.756. The molecule has 0 atom stereocenters. The summed E-state index contributed by atoms with van der Waals surface area (Å²) in [4.78, 5) is 11.4. The van der Waals surface area contributed by atoms with Gasteiger partial charge in [0.1, 0.15) is 5.82 Å². The van der Waals surface area contributed by atoms with E-state index < -0.39 is 0 Å². The van der Waals surface area contributed by atoms with Gasteiger partial charge in [0, 0.05) is 43.9 Å². The number of piperazine rings is 1. The van der Waals surface area contributed by atoms with Crippen molar-refractivity contribution in [3.63, 3.8) is 0 Å². The average Bonchev–Trinajstić information content (AvgIpc) is 3.05. The van der Waals surface area contributed by atoms with Crippen molar-refractivity contribution in [2.75, 3.05) is 43.0 Å². The molecule has 7 nitrogen and oxygen atoms in total. The lowest BCUT2D eigenvalue weighted by atomic mass is 10.1. The van der Waals surface area contributed by atoms with Crippen molar-refractivity contribution in [3.8, 4) is 5.69 Å². The summed E-state index contributed by atoms with van der Waals surface area (Å²) in [5, 5.41) is 9.86. The second-order valence-electron chi connectivity index (χ2n) is 7.86. The molecule has 0 radical (unpaired) electrons. The van der Waals surface area contributed by atoms with Gasteiger partial charge in [-0.1, -0.05) is 11.6 Å². The van der Waals surface area contributed by atoms with Crippen LogP contribution >= 0.6 is 11.6 Å². The smallest absolute Gasteiger partial charge is 0.232 e. The van der Waals surface area contributed by atoms with E-state index in [0.717, 1.165) is 67.6 Å². The van der Waals surface area contributed by atoms with Crippen LogP contribution in [0.25, 0.3) is 5.69 Å². The van der Waals surface area contributed by atoms with Gasteiger partial charge in [0.15, 0.2) is 5.82 Å². The van der Waals surface area contributed by atoms with Gasteiger partial charge in [-0.15, -0.1) is 10.2 Å². The second kappa shape index (κ2) is 7.31. The Morgan fingerprint density at radius 3 is 2.52 bits per heavy atom. The number of rotatable bonds is 2. The minimum absolute atomic E-state index is 0.756. The van der Waals surface area contributed by atoms with Gasteiger partial charge in [0.2, 0.25) is 5.95 Å². The Labute approximate surface area is 175 Å². The standard InChI is InChI=1S/C21H24ClN7/c1-15-5-6-23-19(11-15)27-7-9-28(10-8-27)21-25-24-20-14-26(2)13-16-12-17(22)3-4-18(16)29(20)21/h3-6,11-12H,7-10,13-14H2,1-2H3. The highest BCUT2D eigenvalue weighted by molar-refractivity contribution is 6.30. The van der Waals surface area contributed by atoms with Crippen molar-refractivity contribution in [1.29, 1.82) is 0 Å². The molecule has 1 fully saturated rings. The van der Waals surface area contributed by atoms with Gasteiger partial charge in [-0.3, -0.25) is 9.47 Å². The predicted octanol–water partition coefficient (Wildman–Crippen LogP) is 2.90. The molecule has 2 aromatic heterocycles. The number of aromatic nitrogens is 4. The number of benzene rings is 1. The van der Waals surface area contributed by atoms with Crippen LogP contribution in [-0.2, 0) is 13.1 Å². The SMILES string of the molecule is Cc1ccnc(N2CCN(c3nnc4n3-c3ccc(Cl)cc3CN(C)C4)CC2)c1. The Hall–Kier alpha value is -2.64. The van der Waals surface area contributed by atoms with Crippen LogP contribution in [0.1, 0.15) is 17.0 Å². The molecule has 0 aliphatic carbocycles. The molecule has 8 heteroatoms. The quantitative estimate of drug-likeness (QED) is 0.648. The molecule has 1 saturated heterocycles. The van der Waals surface area contributed by atoms with E-state index in [0.29, 0.717) is 0 Å².